The predicted molar refractivity (Wildman–Crippen MR) is 97.3 cm³/mol. The van der Waals surface area contributed by atoms with Crippen molar-refractivity contribution >= 4 is 27.9 Å². The third kappa shape index (κ3) is 5.06. The van der Waals surface area contributed by atoms with Crippen LogP contribution in [0.1, 0.15) is 41.0 Å². The molecule has 0 aliphatic carbocycles. The fourth-order valence-corrected chi connectivity index (χ4v) is 2.54. The van der Waals surface area contributed by atoms with Crippen molar-refractivity contribution in [3.8, 4) is 11.5 Å². The van der Waals surface area contributed by atoms with Crippen LogP contribution in [-0.4, -0.2) is 25.2 Å². The molecule has 0 saturated carbocycles. The summed E-state index contributed by atoms with van der Waals surface area (Å²) < 4.78 is 16.6. The fourth-order valence-electron chi connectivity index (χ4n) is 2.05. The summed E-state index contributed by atoms with van der Waals surface area (Å²) in [5.74, 6) is -0.284. The lowest BCUT2D eigenvalue weighted by atomic mass is 10.2. The molecule has 132 valence electrons. The number of rotatable bonds is 7. The van der Waals surface area contributed by atoms with E-state index in [1.54, 1.807) is 49.4 Å². The van der Waals surface area contributed by atoms with Crippen molar-refractivity contribution in [2.24, 2.45) is 0 Å². The van der Waals surface area contributed by atoms with Gasteiger partial charge < -0.3 is 14.2 Å². The van der Waals surface area contributed by atoms with Crippen molar-refractivity contribution in [2.75, 3.05) is 13.2 Å². The number of halogens is 1. The molecular weight excluding hydrogens is 388 g/mol. The first kappa shape index (κ1) is 19.0. The largest absolute Gasteiger partial charge is 0.492 e. The van der Waals surface area contributed by atoms with Gasteiger partial charge in [0, 0.05) is 0 Å². The average molecular weight is 407 g/mol. The maximum Gasteiger partial charge on any atom is 0.343 e. The SMILES string of the molecule is CCCOc1ccc(C(=O)Oc2ccccc2C(=O)OCC)cc1Br. The van der Waals surface area contributed by atoms with Crippen LogP contribution in [0, 0.1) is 0 Å². The Morgan fingerprint density at radius 3 is 2.44 bits per heavy atom. The highest BCUT2D eigenvalue weighted by atomic mass is 79.9. The summed E-state index contributed by atoms with van der Waals surface area (Å²) in [6.07, 6.45) is 0.890. The highest BCUT2D eigenvalue weighted by Crippen LogP contribution is 2.27. The van der Waals surface area contributed by atoms with Crippen LogP contribution in [0.5, 0.6) is 11.5 Å². The minimum atomic E-state index is -0.570. The van der Waals surface area contributed by atoms with E-state index in [2.05, 4.69) is 15.9 Å². The molecule has 5 nitrogen and oxygen atoms in total. The molecule has 0 radical (unpaired) electrons. The molecule has 0 fully saturated rings. The standard InChI is InChI=1S/C19H19BrO5/c1-3-11-24-17-10-9-13(12-15(17)20)18(21)25-16-8-6-5-7-14(16)19(22)23-4-2/h5-10,12H,3-4,11H2,1-2H3. The predicted octanol–water partition coefficient (Wildman–Crippen LogP) is 4.63. The van der Waals surface area contributed by atoms with Gasteiger partial charge in [0.1, 0.15) is 17.1 Å². The monoisotopic (exact) mass is 406 g/mol. The maximum absolute atomic E-state index is 12.4. The Bertz CT molecular complexity index is 757. The molecule has 2 rings (SSSR count). The van der Waals surface area contributed by atoms with Gasteiger partial charge in [0.25, 0.3) is 0 Å². The van der Waals surface area contributed by atoms with Crippen LogP contribution in [0.2, 0.25) is 0 Å². The van der Waals surface area contributed by atoms with E-state index in [1.807, 2.05) is 6.92 Å². The van der Waals surface area contributed by atoms with Gasteiger partial charge in [-0.2, -0.15) is 0 Å². The van der Waals surface area contributed by atoms with E-state index in [0.717, 1.165) is 6.42 Å². The van der Waals surface area contributed by atoms with Gasteiger partial charge in [-0.3, -0.25) is 0 Å². The normalized spacial score (nSPS) is 10.2. The van der Waals surface area contributed by atoms with Crippen molar-refractivity contribution in [3.05, 3.63) is 58.1 Å². The minimum absolute atomic E-state index is 0.161. The Morgan fingerprint density at radius 1 is 1.00 bits per heavy atom. The van der Waals surface area contributed by atoms with E-state index in [9.17, 15) is 9.59 Å². The van der Waals surface area contributed by atoms with Crippen LogP contribution in [0.25, 0.3) is 0 Å². The first-order valence-electron chi connectivity index (χ1n) is 7.97. The molecule has 2 aromatic carbocycles. The summed E-state index contributed by atoms with van der Waals surface area (Å²) in [6, 6.07) is 11.4. The maximum atomic E-state index is 12.4. The van der Waals surface area contributed by atoms with Gasteiger partial charge in [-0.05, 0) is 59.6 Å². The second-order valence-electron chi connectivity index (χ2n) is 5.10. The third-order valence-electron chi connectivity index (χ3n) is 3.21. The van der Waals surface area contributed by atoms with Crippen molar-refractivity contribution in [1.82, 2.24) is 0 Å². The molecule has 0 aliphatic heterocycles. The summed E-state index contributed by atoms with van der Waals surface area (Å²) in [7, 11) is 0. The van der Waals surface area contributed by atoms with Crippen LogP contribution >= 0.6 is 15.9 Å². The van der Waals surface area contributed by atoms with Gasteiger partial charge >= 0.3 is 11.9 Å². The molecule has 0 heterocycles. The first-order chi connectivity index (χ1) is 12.1. The first-order valence-corrected chi connectivity index (χ1v) is 8.76. The second kappa shape index (κ2) is 9.22. The number of carbonyl (C=O) groups is 2. The Hall–Kier alpha value is -2.34. The molecule has 0 bridgehead atoms. The molecule has 2 aromatic rings. The number of benzene rings is 2. The summed E-state index contributed by atoms with van der Waals surface area (Å²) in [4.78, 5) is 24.3. The quantitative estimate of drug-likeness (QED) is 0.495. The van der Waals surface area contributed by atoms with E-state index in [4.69, 9.17) is 14.2 Å². The van der Waals surface area contributed by atoms with E-state index >= 15 is 0 Å². The van der Waals surface area contributed by atoms with Crippen molar-refractivity contribution < 1.29 is 23.8 Å². The zero-order valence-corrected chi connectivity index (χ0v) is 15.7. The lowest BCUT2D eigenvalue weighted by Crippen LogP contribution is -2.13. The molecule has 0 unspecified atom stereocenters. The number of hydrogen-bond donors (Lipinski definition) is 0. The number of esters is 2. The number of ether oxygens (including phenoxy) is 3. The van der Waals surface area contributed by atoms with Gasteiger partial charge in [-0.1, -0.05) is 19.1 Å². The van der Waals surface area contributed by atoms with E-state index in [-0.39, 0.29) is 17.9 Å². The number of para-hydroxylation sites is 1. The molecular formula is C19H19BrO5. The van der Waals surface area contributed by atoms with Crippen molar-refractivity contribution in [3.63, 3.8) is 0 Å². The second-order valence-corrected chi connectivity index (χ2v) is 5.95. The molecule has 25 heavy (non-hydrogen) atoms. The van der Waals surface area contributed by atoms with Crippen LogP contribution in [0.3, 0.4) is 0 Å². The molecule has 0 saturated heterocycles. The molecule has 0 aliphatic rings. The van der Waals surface area contributed by atoms with Crippen molar-refractivity contribution in [2.45, 2.75) is 20.3 Å². The average Bonchev–Trinajstić information content (AvgIpc) is 2.61. The molecule has 0 spiro atoms. The molecule has 0 amide bonds. The van der Waals surface area contributed by atoms with Crippen molar-refractivity contribution in [1.29, 1.82) is 0 Å². The lowest BCUT2D eigenvalue weighted by molar-refractivity contribution is 0.0520. The molecule has 0 aromatic heterocycles. The molecule has 0 N–H and O–H groups in total. The topological polar surface area (TPSA) is 61.8 Å². The van der Waals surface area contributed by atoms with Gasteiger partial charge in [0.15, 0.2) is 0 Å². The summed E-state index contributed by atoms with van der Waals surface area (Å²) in [5, 5.41) is 0. The summed E-state index contributed by atoms with van der Waals surface area (Å²) >= 11 is 3.38. The van der Waals surface area contributed by atoms with E-state index in [1.165, 1.54) is 0 Å². The van der Waals surface area contributed by atoms with Crippen LogP contribution in [-0.2, 0) is 4.74 Å². The molecule has 6 heteroatoms. The summed E-state index contributed by atoms with van der Waals surface area (Å²) in [5.41, 5.74) is 0.550. The smallest absolute Gasteiger partial charge is 0.343 e. The lowest BCUT2D eigenvalue weighted by Gasteiger charge is -2.11. The van der Waals surface area contributed by atoms with Gasteiger partial charge in [0.2, 0.25) is 0 Å². The Morgan fingerprint density at radius 2 is 1.76 bits per heavy atom. The molecule has 0 atom stereocenters. The van der Waals surface area contributed by atoms with Gasteiger partial charge in [-0.15, -0.1) is 0 Å². The van der Waals surface area contributed by atoms with E-state index < -0.39 is 11.9 Å². The highest BCUT2D eigenvalue weighted by Gasteiger charge is 2.17. The third-order valence-corrected chi connectivity index (χ3v) is 3.83. The highest BCUT2D eigenvalue weighted by molar-refractivity contribution is 9.10. The zero-order chi connectivity index (χ0) is 18.2. The van der Waals surface area contributed by atoms with Crippen LogP contribution < -0.4 is 9.47 Å². The van der Waals surface area contributed by atoms with Crippen LogP contribution in [0.15, 0.2) is 46.9 Å². The Balaban J connectivity index is 2.17. The zero-order valence-electron chi connectivity index (χ0n) is 14.1. The minimum Gasteiger partial charge on any atom is -0.492 e. The van der Waals surface area contributed by atoms with Gasteiger partial charge in [-0.25, -0.2) is 9.59 Å². The van der Waals surface area contributed by atoms with Gasteiger partial charge in [0.05, 0.1) is 23.2 Å². The number of hydrogen-bond acceptors (Lipinski definition) is 5. The Kier molecular flexibility index (Phi) is 7.01. The summed E-state index contributed by atoms with van der Waals surface area (Å²) in [6.45, 7) is 4.56. The fraction of sp³-hybridized carbons (Fsp3) is 0.263. The van der Waals surface area contributed by atoms with Crippen LogP contribution in [0.4, 0.5) is 0 Å². The Labute approximate surface area is 155 Å². The van der Waals surface area contributed by atoms with E-state index in [0.29, 0.717) is 22.4 Å². The number of carbonyl (C=O) groups excluding carboxylic acids is 2.